The second kappa shape index (κ2) is 7.09. The SMILES string of the molecule is O=c1/c(=C/c2cccc(Br)c2)sc2n1CN(c1ccc([N+](=O)[O-])cc1)CN=2. The van der Waals surface area contributed by atoms with Crippen molar-refractivity contribution in [2.24, 2.45) is 4.99 Å². The van der Waals surface area contributed by atoms with Gasteiger partial charge in [0.1, 0.15) is 13.3 Å². The first-order chi connectivity index (χ1) is 13.0. The molecule has 1 aromatic heterocycles. The van der Waals surface area contributed by atoms with E-state index < -0.39 is 4.92 Å². The summed E-state index contributed by atoms with van der Waals surface area (Å²) in [5.41, 5.74) is 1.66. The molecule has 9 heteroatoms. The molecule has 2 aromatic carbocycles. The lowest BCUT2D eigenvalue weighted by Gasteiger charge is -2.25. The average molecular weight is 445 g/mol. The predicted octanol–water partition coefficient (Wildman–Crippen LogP) is 2.46. The summed E-state index contributed by atoms with van der Waals surface area (Å²) in [6.45, 7) is 0.756. The topological polar surface area (TPSA) is 80.7 Å². The van der Waals surface area contributed by atoms with Gasteiger partial charge < -0.3 is 4.90 Å². The number of thiazole rings is 1. The molecule has 136 valence electrons. The van der Waals surface area contributed by atoms with Crippen molar-refractivity contribution >= 4 is 44.7 Å². The van der Waals surface area contributed by atoms with Crippen LogP contribution in [-0.2, 0) is 6.67 Å². The minimum absolute atomic E-state index is 0.0343. The zero-order valence-electron chi connectivity index (χ0n) is 13.9. The number of non-ortho nitro benzene ring substituents is 1. The van der Waals surface area contributed by atoms with Gasteiger partial charge in [-0.3, -0.25) is 19.5 Å². The molecule has 1 aliphatic heterocycles. The summed E-state index contributed by atoms with van der Waals surface area (Å²) in [6, 6.07) is 14.0. The van der Waals surface area contributed by atoms with E-state index in [1.54, 1.807) is 16.7 Å². The molecule has 0 fully saturated rings. The normalized spacial score (nSPS) is 14.0. The molecular formula is C18H13BrN4O3S. The maximum absolute atomic E-state index is 12.8. The number of rotatable bonds is 3. The Hall–Kier alpha value is -2.78. The number of benzene rings is 2. The number of nitro benzene ring substituents is 1. The van der Waals surface area contributed by atoms with Crippen LogP contribution < -0.4 is 19.8 Å². The number of halogens is 1. The minimum Gasteiger partial charge on any atom is -0.334 e. The zero-order chi connectivity index (χ0) is 19.0. The molecule has 2 heterocycles. The van der Waals surface area contributed by atoms with Crippen LogP contribution in [-0.4, -0.2) is 16.2 Å². The Bertz CT molecular complexity index is 1200. The molecular weight excluding hydrogens is 432 g/mol. The van der Waals surface area contributed by atoms with Gasteiger partial charge in [0.25, 0.3) is 11.2 Å². The van der Waals surface area contributed by atoms with E-state index in [1.165, 1.54) is 23.5 Å². The highest BCUT2D eigenvalue weighted by molar-refractivity contribution is 9.10. The predicted molar refractivity (Wildman–Crippen MR) is 108 cm³/mol. The molecule has 0 radical (unpaired) electrons. The van der Waals surface area contributed by atoms with Gasteiger partial charge in [0.2, 0.25) is 0 Å². The van der Waals surface area contributed by atoms with E-state index in [-0.39, 0.29) is 11.2 Å². The Labute approximate surface area is 165 Å². The summed E-state index contributed by atoms with van der Waals surface area (Å²) in [7, 11) is 0. The second-order valence-electron chi connectivity index (χ2n) is 5.94. The van der Waals surface area contributed by atoms with Crippen molar-refractivity contribution in [1.29, 1.82) is 0 Å². The van der Waals surface area contributed by atoms with E-state index in [9.17, 15) is 14.9 Å². The molecule has 0 bridgehead atoms. The summed E-state index contributed by atoms with van der Waals surface area (Å²) < 4.78 is 3.20. The Morgan fingerprint density at radius 1 is 1.22 bits per heavy atom. The maximum Gasteiger partial charge on any atom is 0.271 e. The van der Waals surface area contributed by atoms with Crippen LogP contribution in [0.4, 0.5) is 11.4 Å². The highest BCUT2D eigenvalue weighted by Gasteiger charge is 2.16. The highest BCUT2D eigenvalue weighted by atomic mass is 79.9. The number of nitrogens with zero attached hydrogens (tertiary/aromatic N) is 4. The summed E-state index contributed by atoms with van der Waals surface area (Å²) in [4.78, 5) is 30.2. The van der Waals surface area contributed by atoms with E-state index in [1.807, 2.05) is 35.2 Å². The summed E-state index contributed by atoms with van der Waals surface area (Å²) in [6.07, 6.45) is 1.86. The summed E-state index contributed by atoms with van der Waals surface area (Å²) >= 11 is 4.79. The molecule has 0 spiro atoms. The van der Waals surface area contributed by atoms with Crippen LogP contribution in [0.3, 0.4) is 0 Å². The van der Waals surface area contributed by atoms with E-state index in [0.717, 1.165) is 15.7 Å². The smallest absolute Gasteiger partial charge is 0.271 e. The average Bonchev–Trinajstić information content (AvgIpc) is 2.97. The molecule has 27 heavy (non-hydrogen) atoms. The molecule has 0 saturated heterocycles. The number of fused-ring (bicyclic) bond motifs is 1. The van der Waals surface area contributed by atoms with Gasteiger partial charge in [-0.25, -0.2) is 4.99 Å². The number of nitro groups is 1. The van der Waals surface area contributed by atoms with E-state index >= 15 is 0 Å². The van der Waals surface area contributed by atoms with Crippen molar-refractivity contribution in [1.82, 2.24) is 4.57 Å². The first kappa shape index (κ1) is 17.6. The van der Waals surface area contributed by atoms with Crippen molar-refractivity contribution in [3.05, 3.63) is 88.4 Å². The Morgan fingerprint density at radius 2 is 2.00 bits per heavy atom. The third-order valence-corrected chi connectivity index (χ3v) is 5.69. The molecule has 0 amide bonds. The number of hydrogen-bond donors (Lipinski definition) is 0. The van der Waals surface area contributed by atoms with Gasteiger partial charge in [-0.2, -0.15) is 0 Å². The first-order valence-corrected chi connectivity index (χ1v) is 9.63. The van der Waals surface area contributed by atoms with Crippen LogP contribution in [0.1, 0.15) is 5.56 Å². The first-order valence-electron chi connectivity index (χ1n) is 8.02. The largest absolute Gasteiger partial charge is 0.334 e. The van der Waals surface area contributed by atoms with E-state index in [4.69, 9.17) is 0 Å². The van der Waals surface area contributed by atoms with Crippen molar-refractivity contribution < 1.29 is 4.92 Å². The number of hydrogen-bond acceptors (Lipinski definition) is 6. The van der Waals surface area contributed by atoms with Crippen molar-refractivity contribution in [3.8, 4) is 0 Å². The van der Waals surface area contributed by atoms with Crippen molar-refractivity contribution in [2.45, 2.75) is 6.67 Å². The van der Waals surface area contributed by atoms with Gasteiger partial charge in [-0.15, -0.1) is 0 Å². The lowest BCUT2D eigenvalue weighted by atomic mass is 10.2. The molecule has 0 atom stereocenters. The Balaban J connectivity index is 1.67. The van der Waals surface area contributed by atoms with Crippen molar-refractivity contribution in [3.63, 3.8) is 0 Å². The lowest BCUT2D eigenvalue weighted by molar-refractivity contribution is -0.384. The Kier molecular flexibility index (Phi) is 4.63. The molecule has 0 saturated carbocycles. The van der Waals surface area contributed by atoms with Crippen LogP contribution in [0.15, 0.2) is 62.8 Å². The fourth-order valence-corrected chi connectivity index (χ4v) is 4.19. The minimum atomic E-state index is -0.435. The van der Waals surface area contributed by atoms with E-state index in [2.05, 4.69) is 20.9 Å². The number of aromatic nitrogens is 1. The molecule has 0 aliphatic carbocycles. The van der Waals surface area contributed by atoms with Gasteiger partial charge in [0.15, 0.2) is 4.80 Å². The van der Waals surface area contributed by atoms with Gasteiger partial charge in [0, 0.05) is 22.3 Å². The van der Waals surface area contributed by atoms with Crippen LogP contribution in [0.5, 0.6) is 0 Å². The summed E-state index contributed by atoms with van der Waals surface area (Å²) in [5.74, 6) is 0. The second-order valence-corrected chi connectivity index (χ2v) is 7.86. The van der Waals surface area contributed by atoms with Gasteiger partial charge in [-0.05, 0) is 35.9 Å². The third kappa shape index (κ3) is 3.56. The van der Waals surface area contributed by atoms with Crippen LogP contribution in [0, 0.1) is 10.1 Å². The quantitative estimate of drug-likeness (QED) is 0.458. The standard InChI is InChI=1S/C18H13BrN4O3S/c19-13-3-1-2-12(8-13)9-16-17(24)22-11-21(10-20-18(22)27-16)14-4-6-15(7-5-14)23(25)26/h1-9H,10-11H2/b16-9-. The van der Waals surface area contributed by atoms with Crippen LogP contribution in [0.25, 0.3) is 6.08 Å². The van der Waals surface area contributed by atoms with Gasteiger partial charge in [0.05, 0.1) is 9.46 Å². The molecule has 0 N–H and O–H groups in total. The monoisotopic (exact) mass is 444 g/mol. The van der Waals surface area contributed by atoms with Crippen LogP contribution >= 0.6 is 27.3 Å². The number of anilines is 1. The van der Waals surface area contributed by atoms with E-state index in [0.29, 0.717) is 22.7 Å². The Morgan fingerprint density at radius 3 is 2.70 bits per heavy atom. The molecule has 0 unspecified atom stereocenters. The fraction of sp³-hybridized carbons (Fsp3) is 0.111. The lowest BCUT2D eigenvalue weighted by Crippen LogP contribution is -2.42. The van der Waals surface area contributed by atoms with Gasteiger partial charge >= 0.3 is 0 Å². The highest BCUT2D eigenvalue weighted by Crippen LogP contribution is 2.20. The maximum atomic E-state index is 12.8. The summed E-state index contributed by atoms with van der Waals surface area (Å²) in [5, 5.41) is 10.8. The zero-order valence-corrected chi connectivity index (χ0v) is 16.3. The molecule has 7 nitrogen and oxygen atoms in total. The fourth-order valence-electron chi connectivity index (χ4n) is 2.81. The molecule has 1 aliphatic rings. The molecule has 4 rings (SSSR count). The van der Waals surface area contributed by atoms with Crippen LogP contribution in [0.2, 0.25) is 0 Å². The molecule has 3 aromatic rings. The third-order valence-electron chi connectivity index (χ3n) is 4.15. The van der Waals surface area contributed by atoms with Gasteiger partial charge in [-0.1, -0.05) is 39.4 Å². The van der Waals surface area contributed by atoms with Crippen molar-refractivity contribution in [2.75, 3.05) is 11.6 Å².